The van der Waals surface area contributed by atoms with E-state index in [1.807, 2.05) is 20.8 Å². The first-order valence-corrected chi connectivity index (χ1v) is 6.26. The van der Waals surface area contributed by atoms with Gasteiger partial charge in [0.25, 0.3) is 0 Å². The number of methoxy groups -OCH3 is 1. The summed E-state index contributed by atoms with van der Waals surface area (Å²) in [7, 11) is 1.76. The van der Waals surface area contributed by atoms with E-state index in [1.54, 1.807) is 7.11 Å². The molecule has 0 aromatic heterocycles. The summed E-state index contributed by atoms with van der Waals surface area (Å²) in [6.07, 6.45) is 4.56. The fourth-order valence-corrected chi connectivity index (χ4v) is 1.94. The van der Waals surface area contributed by atoms with E-state index < -0.39 is 6.10 Å². The van der Waals surface area contributed by atoms with Crippen molar-refractivity contribution in [1.29, 1.82) is 0 Å². The number of rotatable bonds is 4. The van der Waals surface area contributed by atoms with Crippen LogP contribution in [-0.4, -0.2) is 37.1 Å². The molecule has 3 atom stereocenters. The highest BCUT2D eigenvalue weighted by molar-refractivity contribution is 4.76. The topological polar surface area (TPSA) is 38.7 Å². The van der Waals surface area contributed by atoms with Crippen molar-refractivity contribution in [3.8, 4) is 0 Å². The minimum Gasteiger partial charge on any atom is -0.390 e. The van der Waals surface area contributed by atoms with Gasteiger partial charge < -0.3 is 14.6 Å². The maximum atomic E-state index is 9.88. The van der Waals surface area contributed by atoms with Gasteiger partial charge >= 0.3 is 0 Å². The Bertz CT molecular complexity index is 198. The van der Waals surface area contributed by atoms with Crippen LogP contribution in [0.5, 0.6) is 0 Å². The normalized spacial score (nSPS) is 29.1. The zero-order chi connectivity index (χ0) is 12.2. The number of ether oxygens (including phenoxy) is 2. The van der Waals surface area contributed by atoms with Gasteiger partial charge in [0.05, 0.1) is 24.9 Å². The third-order valence-corrected chi connectivity index (χ3v) is 3.40. The van der Waals surface area contributed by atoms with Crippen molar-refractivity contribution >= 4 is 0 Å². The van der Waals surface area contributed by atoms with Crippen LogP contribution >= 0.6 is 0 Å². The number of aliphatic hydroxyl groups excluding tert-OH is 1. The predicted octanol–water partition coefficient (Wildman–Crippen LogP) is 2.37. The average molecular weight is 230 g/mol. The molecule has 3 unspecified atom stereocenters. The highest BCUT2D eigenvalue weighted by Gasteiger charge is 2.26. The zero-order valence-electron chi connectivity index (χ0n) is 11.0. The van der Waals surface area contributed by atoms with Gasteiger partial charge in [-0.15, -0.1) is 0 Å². The molecular weight excluding hydrogens is 204 g/mol. The minimum absolute atomic E-state index is 0.102. The van der Waals surface area contributed by atoms with Gasteiger partial charge in [-0.1, -0.05) is 20.8 Å². The van der Waals surface area contributed by atoms with Crippen LogP contribution in [0.25, 0.3) is 0 Å². The predicted molar refractivity (Wildman–Crippen MR) is 64.5 cm³/mol. The summed E-state index contributed by atoms with van der Waals surface area (Å²) < 4.78 is 11.1. The van der Waals surface area contributed by atoms with E-state index in [-0.39, 0.29) is 11.5 Å². The molecule has 1 N–H and O–H groups in total. The van der Waals surface area contributed by atoms with E-state index in [2.05, 4.69) is 0 Å². The Kier molecular flexibility index (Phi) is 5.22. The van der Waals surface area contributed by atoms with Crippen LogP contribution < -0.4 is 0 Å². The number of aliphatic hydroxyl groups is 1. The van der Waals surface area contributed by atoms with Crippen molar-refractivity contribution in [1.82, 2.24) is 0 Å². The van der Waals surface area contributed by atoms with Crippen molar-refractivity contribution in [3.63, 3.8) is 0 Å². The average Bonchev–Trinajstić information content (AvgIpc) is 2.25. The molecule has 0 saturated heterocycles. The Morgan fingerprint density at radius 1 is 1.25 bits per heavy atom. The van der Waals surface area contributed by atoms with E-state index >= 15 is 0 Å². The molecule has 3 heteroatoms. The summed E-state index contributed by atoms with van der Waals surface area (Å²) in [5, 5.41) is 9.88. The molecule has 0 aromatic rings. The van der Waals surface area contributed by atoms with Gasteiger partial charge in [-0.25, -0.2) is 0 Å². The smallest absolute Gasteiger partial charge is 0.0821 e. The minimum atomic E-state index is -0.393. The molecule has 0 bridgehead atoms. The lowest BCUT2D eigenvalue weighted by Gasteiger charge is -2.31. The maximum absolute atomic E-state index is 9.88. The van der Waals surface area contributed by atoms with E-state index in [1.165, 1.54) is 0 Å². The molecule has 16 heavy (non-hydrogen) atoms. The molecule has 0 spiro atoms. The van der Waals surface area contributed by atoms with Gasteiger partial charge in [0.15, 0.2) is 0 Å². The molecule has 96 valence electrons. The van der Waals surface area contributed by atoms with Gasteiger partial charge in [0.2, 0.25) is 0 Å². The summed E-state index contributed by atoms with van der Waals surface area (Å²) in [6, 6.07) is 0. The summed E-state index contributed by atoms with van der Waals surface area (Å²) in [4.78, 5) is 0. The van der Waals surface area contributed by atoms with Crippen LogP contribution in [0, 0.1) is 5.41 Å². The molecule has 1 rings (SSSR count). The first-order chi connectivity index (χ1) is 7.43. The van der Waals surface area contributed by atoms with E-state index in [4.69, 9.17) is 9.47 Å². The van der Waals surface area contributed by atoms with Crippen LogP contribution in [0.15, 0.2) is 0 Å². The zero-order valence-corrected chi connectivity index (χ0v) is 11.0. The molecular formula is C13H26O3. The van der Waals surface area contributed by atoms with Crippen molar-refractivity contribution in [2.45, 2.75) is 64.8 Å². The lowest BCUT2D eigenvalue weighted by molar-refractivity contribution is -0.0785. The molecule has 1 fully saturated rings. The molecule has 1 aliphatic carbocycles. The fourth-order valence-electron chi connectivity index (χ4n) is 1.94. The van der Waals surface area contributed by atoms with Crippen LogP contribution in [0.2, 0.25) is 0 Å². The summed E-state index contributed by atoms with van der Waals surface area (Å²) in [6.45, 7) is 6.52. The van der Waals surface area contributed by atoms with E-state index in [9.17, 15) is 5.11 Å². The monoisotopic (exact) mass is 230 g/mol. The lowest BCUT2D eigenvalue weighted by atomic mass is 9.89. The largest absolute Gasteiger partial charge is 0.390 e. The van der Waals surface area contributed by atoms with Gasteiger partial charge in [0, 0.05) is 7.11 Å². The first kappa shape index (κ1) is 13.9. The van der Waals surface area contributed by atoms with Gasteiger partial charge in [-0.05, 0) is 31.1 Å². The molecule has 0 aliphatic heterocycles. The fraction of sp³-hybridized carbons (Fsp3) is 1.00. The highest BCUT2D eigenvalue weighted by Crippen LogP contribution is 2.25. The summed E-state index contributed by atoms with van der Waals surface area (Å²) in [5.41, 5.74) is -0.102. The van der Waals surface area contributed by atoms with Crippen molar-refractivity contribution in [3.05, 3.63) is 0 Å². The van der Waals surface area contributed by atoms with Crippen LogP contribution in [0.3, 0.4) is 0 Å². The van der Waals surface area contributed by atoms with E-state index in [0.717, 1.165) is 25.7 Å². The Labute approximate surface area is 99.1 Å². The van der Waals surface area contributed by atoms with Crippen LogP contribution in [0.4, 0.5) is 0 Å². The van der Waals surface area contributed by atoms with Crippen molar-refractivity contribution in [2.24, 2.45) is 5.41 Å². The van der Waals surface area contributed by atoms with Gasteiger partial charge in [-0.3, -0.25) is 0 Å². The highest BCUT2D eigenvalue weighted by atomic mass is 16.5. The standard InChI is InChI=1S/C13H26O3/c1-13(2,3)12(14)9-16-11-7-5-6-10(8-11)15-4/h10-12,14H,5-9H2,1-4H3. The second-order valence-corrected chi connectivity index (χ2v) is 5.86. The third-order valence-electron chi connectivity index (χ3n) is 3.40. The second kappa shape index (κ2) is 5.99. The first-order valence-electron chi connectivity index (χ1n) is 6.26. The van der Waals surface area contributed by atoms with Crippen molar-refractivity contribution in [2.75, 3.05) is 13.7 Å². The van der Waals surface area contributed by atoms with Crippen LogP contribution in [0.1, 0.15) is 46.5 Å². The van der Waals surface area contributed by atoms with E-state index in [0.29, 0.717) is 12.7 Å². The summed E-state index contributed by atoms with van der Waals surface area (Å²) in [5.74, 6) is 0. The van der Waals surface area contributed by atoms with Gasteiger partial charge in [-0.2, -0.15) is 0 Å². The maximum Gasteiger partial charge on any atom is 0.0821 e. The molecule has 0 amide bonds. The molecule has 0 aromatic carbocycles. The molecule has 3 nitrogen and oxygen atoms in total. The number of hydrogen-bond donors (Lipinski definition) is 1. The molecule has 1 aliphatic rings. The lowest BCUT2D eigenvalue weighted by Crippen LogP contribution is -2.35. The Balaban J connectivity index is 2.27. The van der Waals surface area contributed by atoms with Crippen LogP contribution in [-0.2, 0) is 9.47 Å². The summed E-state index contributed by atoms with van der Waals surface area (Å²) >= 11 is 0. The quantitative estimate of drug-likeness (QED) is 0.806. The van der Waals surface area contributed by atoms with Crippen molar-refractivity contribution < 1.29 is 14.6 Å². The third kappa shape index (κ3) is 4.40. The SMILES string of the molecule is COC1CCCC(OCC(O)C(C)(C)C)C1. The van der Waals surface area contributed by atoms with Gasteiger partial charge in [0.1, 0.15) is 0 Å². The molecule has 0 heterocycles. The molecule has 1 saturated carbocycles. The Hall–Kier alpha value is -0.120. The Morgan fingerprint density at radius 3 is 2.44 bits per heavy atom. The Morgan fingerprint density at radius 2 is 1.88 bits per heavy atom. The number of hydrogen-bond acceptors (Lipinski definition) is 3. The molecule has 0 radical (unpaired) electrons. The second-order valence-electron chi connectivity index (χ2n) is 5.86.